The van der Waals surface area contributed by atoms with E-state index in [0.29, 0.717) is 6.42 Å². The molecule has 5 nitrogen and oxygen atoms in total. The van der Waals surface area contributed by atoms with Crippen molar-refractivity contribution in [3.63, 3.8) is 0 Å². The van der Waals surface area contributed by atoms with E-state index in [1.165, 1.54) is 0 Å². The molecule has 80 valence electrons. The highest BCUT2D eigenvalue weighted by Gasteiger charge is 2.09. The largest absolute Gasteiger partial charge is 0.329 e. The molecule has 0 saturated carbocycles. The van der Waals surface area contributed by atoms with Crippen molar-refractivity contribution in [1.82, 2.24) is 9.78 Å². The van der Waals surface area contributed by atoms with Gasteiger partial charge in [0.1, 0.15) is 0 Å². The fourth-order valence-corrected chi connectivity index (χ4v) is 2.27. The maximum Gasteiger partial charge on any atom is 0.151 e. The van der Waals surface area contributed by atoms with E-state index >= 15 is 0 Å². The van der Waals surface area contributed by atoms with Gasteiger partial charge in [0.05, 0.1) is 17.7 Å². The molecule has 1 heterocycles. The standard InChI is InChI=1S/C8H15N3O2S/c1-11-7-8(6-10-11)2-4-14(12,13)5-3-9/h6-7H,2-5,9H2,1H3. The summed E-state index contributed by atoms with van der Waals surface area (Å²) in [6.45, 7) is 0.190. The molecule has 0 saturated heterocycles. The van der Waals surface area contributed by atoms with Crippen LogP contribution in [0.4, 0.5) is 0 Å². The highest BCUT2D eigenvalue weighted by Crippen LogP contribution is 2.00. The maximum absolute atomic E-state index is 11.3. The molecule has 1 aromatic heterocycles. The zero-order chi connectivity index (χ0) is 10.6. The molecule has 14 heavy (non-hydrogen) atoms. The minimum atomic E-state index is -2.98. The van der Waals surface area contributed by atoms with Crippen molar-refractivity contribution in [2.75, 3.05) is 18.1 Å². The number of nitrogens with two attached hydrogens (primary N) is 1. The van der Waals surface area contributed by atoms with Gasteiger partial charge in [-0.05, 0) is 12.0 Å². The molecule has 6 heteroatoms. The Bertz CT molecular complexity index is 383. The van der Waals surface area contributed by atoms with E-state index < -0.39 is 9.84 Å². The zero-order valence-corrected chi connectivity index (χ0v) is 9.00. The van der Waals surface area contributed by atoms with E-state index in [1.807, 2.05) is 6.20 Å². The lowest BCUT2D eigenvalue weighted by Gasteiger charge is -2.00. The third-order valence-corrected chi connectivity index (χ3v) is 3.57. The van der Waals surface area contributed by atoms with E-state index in [2.05, 4.69) is 5.10 Å². The van der Waals surface area contributed by atoms with E-state index in [9.17, 15) is 8.42 Å². The predicted octanol–water partition coefficient (Wildman–Crippen LogP) is -0.664. The maximum atomic E-state index is 11.3. The third-order valence-electron chi connectivity index (χ3n) is 1.89. The SMILES string of the molecule is Cn1cc(CCS(=O)(=O)CCN)cn1. The highest BCUT2D eigenvalue weighted by molar-refractivity contribution is 7.91. The molecule has 0 fully saturated rings. The summed E-state index contributed by atoms with van der Waals surface area (Å²) < 4.78 is 24.3. The Balaban J connectivity index is 2.48. The second-order valence-electron chi connectivity index (χ2n) is 3.21. The van der Waals surface area contributed by atoms with Crippen LogP contribution in [-0.4, -0.2) is 36.2 Å². The third kappa shape index (κ3) is 3.47. The molecule has 0 atom stereocenters. The fourth-order valence-electron chi connectivity index (χ4n) is 1.16. The molecule has 0 unspecified atom stereocenters. The lowest BCUT2D eigenvalue weighted by Crippen LogP contribution is -2.19. The zero-order valence-electron chi connectivity index (χ0n) is 8.18. The first-order valence-electron chi connectivity index (χ1n) is 4.41. The van der Waals surface area contributed by atoms with Crippen LogP contribution in [0.5, 0.6) is 0 Å². The van der Waals surface area contributed by atoms with Gasteiger partial charge < -0.3 is 5.73 Å². The molecule has 0 amide bonds. The van der Waals surface area contributed by atoms with Crippen molar-refractivity contribution >= 4 is 9.84 Å². The van der Waals surface area contributed by atoms with Crippen molar-refractivity contribution < 1.29 is 8.42 Å². The molecular formula is C8H15N3O2S. The lowest BCUT2D eigenvalue weighted by molar-refractivity contribution is 0.595. The minimum Gasteiger partial charge on any atom is -0.329 e. The topological polar surface area (TPSA) is 78.0 Å². The number of sulfone groups is 1. The van der Waals surface area contributed by atoms with Gasteiger partial charge >= 0.3 is 0 Å². The summed E-state index contributed by atoms with van der Waals surface area (Å²) in [7, 11) is -1.18. The second-order valence-corrected chi connectivity index (χ2v) is 5.52. The molecule has 0 spiro atoms. The summed E-state index contributed by atoms with van der Waals surface area (Å²) in [4.78, 5) is 0. The Morgan fingerprint density at radius 1 is 1.50 bits per heavy atom. The van der Waals surface area contributed by atoms with Gasteiger partial charge in [-0.1, -0.05) is 0 Å². The van der Waals surface area contributed by atoms with E-state index in [4.69, 9.17) is 5.73 Å². The van der Waals surface area contributed by atoms with Crippen LogP contribution < -0.4 is 5.73 Å². The van der Waals surface area contributed by atoms with Gasteiger partial charge in [0.2, 0.25) is 0 Å². The van der Waals surface area contributed by atoms with Gasteiger partial charge in [-0.15, -0.1) is 0 Å². The molecule has 0 bridgehead atoms. The minimum absolute atomic E-state index is 0.0628. The van der Waals surface area contributed by atoms with Crippen molar-refractivity contribution in [3.8, 4) is 0 Å². The van der Waals surface area contributed by atoms with Crippen molar-refractivity contribution in [1.29, 1.82) is 0 Å². The van der Waals surface area contributed by atoms with Crippen molar-refractivity contribution in [2.24, 2.45) is 12.8 Å². The molecule has 0 aromatic carbocycles. The van der Waals surface area contributed by atoms with Crippen LogP contribution in [0.25, 0.3) is 0 Å². The first-order chi connectivity index (χ1) is 6.53. The Morgan fingerprint density at radius 3 is 2.71 bits per heavy atom. The predicted molar refractivity (Wildman–Crippen MR) is 54.6 cm³/mol. The van der Waals surface area contributed by atoms with Crippen LogP contribution in [0.15, 0.2) is 12.4 Å². The van der Waals surface area contributed by atoms with Gasteiger partial charge in [-0.3, -0.25) is 4.68 Å². The van der Waals surface area contributed by atoms with Crippen LogP contribution in [0.1, 0.15) is 5.56 Å². The average molecular weight is 217 g/mol. The number of aryl methyl sites for hydroxylation is 2. The first kappa shape index (κ1) is 11.2. The number of aromatic nitrogens is 2. The van der Waals surface area contributed by atoms with Crippen LogP contribution in [0, 0.1) is 0 Å². The molecule has 1 aromatic rings. The van der Waals surface area contributed by atoms with Crippen LogP contribution >= 0.6 is 0 Å². The van der Waals surface area contributed by atoms with E-state index in [1.54, 1.807) is 17.9 Å². The summed E-state index contributed by atoms with van der Waals surface area (Å²) in [5.74, 6) is 0.211. The highest BCUT2D eigenvalue weighted by atomic mass is 32.2. The van der Waals surface area contributed by atoms with Gasteiger partial charge in [-0.2, -0.15) is 5.10 Å². The smallest absolute Gasteiger partial charge is 0.151 e. The van der Waals surface area contributed by atoms with Crippen molar-refractivity contribution in [3.05, 3.63) is 18.0 Å². The van der Waals surface area contributed by atoms with E-state index in [0.717, 1.165) is 5.56 Å². The Labute approximate surface area is 83.8 Å². The summed E-state index contributed by atoms with van der Waals surface area (Å²) in [5, 5.41) is 3.96. The van der Waals surface area contributed by atoms with Crippen LogP contribution in [0.3, 0.4) is 0 Å². The fraction of sp³-hybridized carbons (Fsp3) is 0.625. The Hall–Kier alpha value is -0.880. The number of rotatable bonds is 5. The lowest BCUT2D eigenvalue weighted by atomic mass is 10.3. The van der Waals surface area contributed by atoms with Crippen molar-refractivity contribution in [2.45, 2.75) is 6.42 Å². The normalized spacial score (nSPS) is 11.9. The molecule has 0 radical (unpaired) electrons. The summed E-state index contributed by atoms with van der Waals surface area (Å²) in [6.07, 6.45) is 4.01. The summed E-state index contributed by atoms with van der Waals surface area (Å²) in [6, 6.07) is 0. The van der Waals surface area contributed by atoms with Crippen LogP contribution in [-0.2, 0) is 23.3 Å². The Morgan fingerprint density at radius 2 is 2.21 bits per heavy atom. The molecule has 0 aliphatic rings. The van der Waals surface area contributed by atoms with Gasteiger partial charge in [-0.25, -0.2) is 8.42 Å². The quantitative estimate of drug-likeness (QED) is 0.710. The van der Waals surface area contributed by atoms with Gasteiger partial charge in [0, 0.05) is 19.8 Å². The van der Waals surface area contributed by atoms with Gasteiger partial charge in [0.15, 0.2) is 9.84 Å². The molecule has 1 rings (SSSR count). The molecular weight excluding hydrogens is 202 g/mol. The summed E-state index contributed by atoms with van der Waals surface area (Å²) in [5.41, 5.74) is 6.13. The molecule has 0 aliphatic carbocycles. The monoisotopic (exact) mass is 217 g/mol. The molecule has 0 aliphatic heterocycles. The second kappa shape index (κ2) is 4.56. The van der Waals surface area contributed by atoms with Gasteiger partial charge in [0.25, 0.3) is 0 Å². The first-order valence-corrected chi connectivity index (χ1v) is 6.23. The number of hydrogen-bond donors (Lipinski definition) is 1. The summed E-state index contributed by atoms with van der Waals surface area (Å²) >= 11 is 0. The number of nitrogens with zero attached hydrogens (tertiary/aromatic N) is 2. The Kier molecular flexibility index (Phi) is 3.65. The van der Waals surface area contributed by atoms with E-state index in [-0.39, 0.29) is 18.1 Å². The molecule has 2 N–H and O–H groups in total. The van der Waals surface area contributed by atoms with Crippen LogP contribution in [0.2, 0.25) is 0 Å². The number of hydrogen-bond acceptors (Lipinski definition) is 4. The average Bonchev–Trinajstić information content (AvgIpc) is 2.48.